The average molecular weight is 194 g/mol. The minimum Gasteiger partial charge on any atom is -0.368 e. The number of amides is 1. The second kappa shape index (κ2) is 5.31. The summed E-state index contributed by atoms with van der Waals surface area (Å²) in [6.45, 7) is 1.04. The summed E-state index contributed by atoms with van der Waals surface area (Å²) >= 11 is 0. The van der Waals surface area contributed by atoms with Crippen LogP contribution in [0.25, 0.3) is 0 Å². The number of pyridine rings is 1. The maximum atomic E-state index is 10.6. The van der Waals surface area contributed by atoms with Gasteiger partial charge in [-0.3, -0.25) is 9.78 Å². The van der Waals surface area contributed by atoms with Crippen molar-refractivity contribution in [2.24, 2.45) is 11.5 Å². The molecule has 1 unspecified atom stereocenters. The van der Waals surface area contributed by atoms with Gasteiger partial charge in [0.05, 0.1) is 6.04 Å². The smallest absolute Gasteiger partial charge is 0.235 e. The molecule has 76 valence electrons. The van der Waals surface area contributed by atoms with Gasteiger partial charge in [-0.15, -0.1) is 0 Å². The number of nitrogens with one attached hydrogen (secondary N) is 1. The topological polar surface area (TPSA) is 94.0 Å². The highest BCUT2D eigenvalue weighted by molar-refractivity contribution is 5.79. The summed E-state index contributed by atoms with van der Waals surface area (Å²) in [6, 6.07) is 3.16. The highest BCUT2D eigenvalue weighted by Gasteiger charge is 2.07. The fourth-order valence-corrected chi connectivity index (χ4v) is 0.973. The lowest BCUT2D eigenvalue weighted by Crippen LogP contribution is -2.44. The maximum absolute atomic E-state index is 10.6. The Bertz CT molecular complexity index is 288. The molecule has 0 spiro atoms. The molecule has 0 saturated carbocycles. The van der Waals surface area contributed by atoms with Crippen molar-refractivity contribution in [3.8, 4) is 0 Å². The van der Waals surface area contributed by atoms with E-state index in [9.17, 15) is 4.79 Å². The first kappa shape index (κ1) is 10.6. The first-order chi connectivity index (χ1) is 6.70. The summed E-state index contributed by atoms with van der Waals surface area (Å²) in [6.07, 6.45) is 3.43. The van der Waals surface area contributed by atoms with Gasteiger partial charge >= 0.3 is 0 Å². The predicted octanol–water partition coefficient (Wildman–Crippen LogP) is -1.02. The van der Waals surface area contributed by atoms with Crippen molar-refractivity contribution in [3.63, 3.8) is 0 Å². The minimum atomic E-state index is -0.628. The number of carbonyl (C=O) groups excluding carboxylic acids is 1. The Morgan fingerprint density at radius 3 is 2.71 bits per heavy atom. The molecule has 1 amide bonds. The Morgan fingerprint density at radius 1 is 1.50 bits per heavy atom. The molecule has 5 nitrogen and oxygen atoms in total. The third-order valence-electron chi connectivity index (χ3n) is 1.81. The summed E-state index contributed by atoms with van der Waals surface area (Å²) in [7, 11) is 0. The van der Waals surface area contributed by atoms with E-state index in [1.54, 1.807) is 12.4 Å². The van der Waals surface area contributed by atoms with Crippen molar-refractivity contribution in [2.75, 3.05) is 6.54 Å². The zero-order chi connectivity index (χ0) is 10.4. The molecule has 0 aliphatic carbocycles. The van der Waals surface area contributed by atoms with E-state index in [1.807, 2.05) is 12.1 Å². The number of hydrogen-bond donors (Lipinski definition) is 3. The Balaban J connectivity index is 2.26. The monoisotopic (exact) mass is 194 g/mol. The molecule has 1 aromatic rings. The molecule has 1 atom stereocenters. The van der Waals surface area contributed by atoms with Crippen LogP contribution in [0.5, 0.6) is 0 Å². The van der Waals surface area contributed by atoms with E-state index in [0.717, 1.165) is 5.56 Å². The lowest BCUT2D eigenvalue weighted by molar-refractivity contribution is -0.119. The van der Waals surface area contributed by atoms with Crippen LogP contribution >= 0.6 is 0 Å². The van der Waals surface area contributed by atoms with Crippen LogP contribution in [0, 0.1) is 0 Å². The van der Waals surface area contributed by atoms with Gasteiger partial charge in [0.15, 0.2) is 0 Å². The van der Waals surface area contributed by atoms with E-state index < -0.39 is 11.9 Å². The van der Waals surface area contributed by atoms with E-state index in [-0.39, 0.29) is 0 Å². The predicted molar refractivity (Wildman–Crippen MR) is 53.1 cm³/mol. The molecule has 0 aliphatic rings. The number of hydrogen-bond acceptors (Lipinski definition) is 4. The van der Waals surface area contributed by atoms with E-state index in [2.05, 4.69) is 10.3 Å². The largest absolute Gasteiger partial charge is 0.368 e. The van der Waals surface area contributed by atoms with Crippen molar-refractivity contribution >= 4 is 5.91 Å². The van der Waals surface area contributed by atoms with E-state index >= 15 is 0 Å². The van der Waals surface area contributed by atoms with Crippen LogP contribution in [-0.2, 0) is 11.3 Å². The lowest BCUT2D eigenvalue weighted by Gasteiger charge is -2.08. The standard InChI is InChI=1S/C9H14N4O/c10-8(9(11)14)6-13-5-7-1-3-12-4-2-7/h1-4,8,13H,5-6,10H2,(H2,11,14). The SMILES string of the molecule is NC(=O)C(N)CNCc1ccncc1. The molecule has 5 heteroatoms. The third-order valence-corrected chi connectivity index (χ3v) is 1.81. The third kappa shape index (κ3) is 3.51. The quantitative estimate of drug-likeness (QED) is 0.559. The molecule has 14 heavy (non-hydrogen) atoms. The highest BCUT2D eigenvalue weighted by atomic mass is 16.1. The van der Waals surface area contributed by atoms with Crippen LogP contribution in [0.4, 0.5) is 0 Å². The van der Waals surface area contributed by atoms with Crippen molar-refractivity contribution in [1.82, 2.24) is 10.3 Å². The number of primary amides is 1. The number of nitrogens with zero attached hydrogens (tertiary/aromatic N) is 1. The Kier molecular flexibility index (Phi) is 4.03. The zero-order valence-corrected chi connectivity index (χ0v) is 7.81. The molecular weight excluding hydrogens is 180 g/mol. The van der Waals surface area contributed by atoms with E-state index in [0.29, 0.717) is 13.1 Å². The average Bonchev–Trinajstić information content (AvgIpc) is 2.19. The number of rotatable bonds is 5. The van der Waals surface area contributed by atoms with Gasteiger partial charge in [0, 0.05) is 25.5 Å². The van der Waals surface area contributed by atoms with Gasteiger partial charge in [0.2, 0.25) is 5.91 Å². The summed E-state index contributed by atoms with van der Waals surface area (Å²) < 4.78 is 0. The number of nitrogens with two attached hydrogens (primary N) is 2. The van der Waals surface area contributed by atoms with Crippen molar-refractivity contribution in [1.29, 1.82) is 0 Å². The van der Waals surface area contributed by atoms with Crippen LogP contribution in [0.3, 0.4) is 0 Å². The second-order valence-electron chi connectivity index (χ2n) is 3.00. The fraction of sp³-hybridized carbons (Fsp3) is 0.333. The van der Waals surface area contributed by atoms with Crippen molar-refractivity contribution < 1.29 is 4.79 Å². The zero-order valence-electron chi connectivity index (χ0n) is 7.81. The molecule has 0 fully saturated rings. The number of aromatic nitrogens is 1. The molecule has 1 heterocycles. The molecule has 0 bridgehead atoms. The van der Waals surface area contributed by atoms with E-state index in [1.165, 1.54) is 0 Å². The maximum Gasteiger partial charge on any atom is 0.235 e. The van der Waals surface area contributed by atoms with Gasteiger partial charge in [-0.25, -0.2) is 0 Å². The fourth-order valence-electron chi connectivity index (χ4n) is 0.973. The molecule has 0 radical (unpaired) electrons. The first-order valence-corrected chi connectivity index (χ1v) is 4.34. The normalized spacial score (nSPS) is 12.4. The highest BCUT2D eigenvalue weighted by Crippen LogP contribution is 1.94. The Hall–Kier alpha value is -1.46. The van der Waals surface area contributed by atoms with Crippen LogP contribution in [0.15, 0.2) is 24.5 Å². The lowest BCUT2D eigenvalue weighted by atomic mass is 10.2. The van der Waals surface area contributed by atoms with Crippen molar-refractivity contribution in [2.45, 2.75) is 12.6 Å². The van der Waals surface area contributed by atoms with Gasteiger partial charge in [0.1, 0.15) is 0 Å². The minimum absolute atomic E-state index is 0.387. The van der Waals surface area contributed by atoms with Gasteiger partial charge < -0.3 is 16.8 Å². The van der Waals surface area contributed by atoms with Crippen molar-refractivity contribution in [3.05, 3.63) is 30.1 Å². The Labute approximate surface area is 82.5 Å². The Morgan fingerprint density at radius 2 is 2.14 bits per heavy atom. The molecule has 1 aromatic heterocycles. The summed E-state index contributed by atoms with van der Waals surface area (Å²) in [4.78, 5) is 14.5. The summed E-state index contributed by atoms with van der Waals surface area (Å²) in [5, 5.41) is 3.03. The van der Waals surface area contributed by atoms with Gasteiger partial charge in [-0.2, -0.15) is 0 Å². The second-order valence-corrected chi connectivity index (χ2v) is 3.00. The molecular formula is C9H14N4O. The van der Waals surface area contributed by atoms with Crippen LogP contribution < -0.4 is 16.8 Å². The number of carbonyl (C=O) groups is 1. The van der Waals surface area contributed by atoms with E-state index in [4.69, 9.17) is 11.5 Å². The molecule has 5 N–H and O–H groups in total. The first-order valence-electron chi connectivity index (χ1n) is 4.34. The van der Waals surface area contributed by atoms with Gasteiger partial charge in [-0.05, 0) is 17.7 Å². The van der Waals surface area contributed by atoms with Gasteiger partial charge in [-0.1, -0.05) is 0 Å². The summed E-state index contributed by atoms with van der Waals surface area (Å²) in [5.41, 5.74) is 11.5. The molecule has 0 aliphatic heterocycles. The van der Waals surface area contributed by atoms with Crippen LogP contribution in [-0.4, -0.2) is 23.5 Å². The summed E-state index contributed by atoms with van der Waals surface area (Å²) in [5.74, 6) is -0.493. The van der Waals surface area contributed by atoms with Gasteiger partial charge in [0.25, 0.3) is 0 Å². The molecule has 0 saturated heterocycles. The van der Waals surface area contributed by atoms with Crippen LogP contribution in [0.2, 0.25) is 0 Å². The molecule has 0 aromatic carbocycles. The molecule has 1 rings (SSSR count). The van der Waals surface area contributed by atoms with Crippen LogP contribution in [0.1, 0.15) is 5.56 Å².